The maximum absolute atomic E-state index is 0. The summed E-state index contributed by atoms with van der Waals surface area (Å²) in [6.07, 6.45) is 0. The van der Waals surface area contributed by atoms with Crippen molar-refractivity contribution in [1.82, 2.24) is 0 Å². The Labute approximate surface area is 70.9 Å². The molecule has 0 unspecified atom stereocenters. The Morgan fingerprint density at radius 1 is 1.00 bits per heavy atom. The van der Waals surface area contributed by atoms with E-state index in [4.69, 9.17) is 0 Å². The molecule has 26 valence electrons. The summed E-state index contributed by atoms with van der Waals surface area (Å²) in [6.45, 7) is 0. The van der Waals surface area contributed by atoms with E-state index in [0.717, 1.165) is 0 Å². The van der Waals surface area contributed by atoms with Crippen LogP contribution in [0.4, 0.5) is 0 Å². The van der Waals surface area contributed by atoms with Crippen molar-refractivity contribution in [3.05, 3.63) is 0 Å². The van der Waals surface area contributed by atoms with Gasteiger partial charge in [-0.2, -0.15) is 0 Å². The van der Waals surface area contributed by atoms with Crippen LogP contribution in [0.2, 0.25) is 0 Å². The van der Waals surface area contributed by atoms with Gasteiger partial charge in [0.15, 0.2) is 0 Å². The number of hydrogen-bond acceptors (Lipinski definition) is 0. The van der Waals surface area contributed by atoms with Gasteiger partial charge >= 0.3 is 0 Å². The maximum Gasteiger partial charge on any atom is 0 e. The minimum atomic E-state index is 0. The molecule has 0 heterocycles. The maximum atomic E-state index is 0. The smallest absolute Gasteiger partial charge is 0 e. The SMILES string of the molecule is [As].[Cu].[Fe].[Zn]. The first-order chi connectivity index (χ1) is 0. The molecule has 0 aromatic rings. The fraction of sp³-hybridized carbons (Fsp3) is 0. The van der Waals surface area contributed by atoms with Gasteiger partial charge in [0, 0.05) is 71.6 Å². The Morgan fingerprint density at radius 3 is 1.00 bits per heavy atom. The van der Waals surface area contributed by atoms with E-state index in [-0.39, 0.29) is 71.6 Å². The third-order valence-corrected chi connectivity index (χ3v) is 0. The molecular formula is AsCuFeZn. The second-order valence-corrected chi connectivity index (χ2v) is 0. The molecule has 4 radical (unpaired) electrons. The first kappa shape index (κ1) is 34.4. The van der Waals surface area contributed by atoms with Crippen molar-refractivity contribution in [3.63, 3.8) is 0 Å². The van der Waals surface area contributed by atoms with Crippen LogP contribution in [0.1, 0.15) is 0 Å². The van der Waals surface area contributed by atoms with Crippen LogP contribution < -0.4 is 0 Å². The predicted octanol–water partition coefficient (Wildman–Crippen LogP) is -0.388. The average molecular weight is 260 g/mol. The molecular weight excluding hydrogens is 260 g/mol. The molecule has 0 aromatic carbocycles. The Bertz CT molecular complexity index is 8.00. The van der Waals surface area contributed by atoms with Crippen LogP contribution >= 0.6 is 0 Å². The second kappa shape index (κ2) is 18.9. The summed E-state index contributed by atoms with van der Waals surface area (Å²) in [5, 5.41) is 0. The first-order valence-electron chi connectivity index (χ1n) is 0. The van der Waals surface area contributed by atoms with Gasteiger partial charge in [0.05, 0.1) is 0 Å². The van der Waals surface area contributed by atoms with E-state index in [1.807, 2.05) is 0 Å². The van der Waals surface area contributed by atoms with Crippen LogP contribution in [0, 0.1) is 0 Å². The molecule has 0 saturated carbocycles. The van der Waals surface area contributed by atoms with E-state index < -0.39 is 0 Å². The van der Waals surface area contributed by atoms with Crippen molar-refractivity contribution in [2.75, 3.05) is 0 Å². The van der Waals surface area contributed by atoms with Crippen molar-refractivity contribution in [3.8, 4) is 0 Å². The Morgan fingerprint density at radius 2 is 1.00 bits per heavy atom. The predicted molar refractivity (Wildman–Crippen MR) is 5.75 cm³/mol. The topological polar surface area (TPSA) is 0 Å². The van der Waals surface area contributed by atoms with E-state index >= 15 is 0 Å². The van der Waals surface area contributed by atoms with E-state index in [9.17, 15) is 0 Å². The standard InChI is InChI=1S/As.Cu.Fe.Zn. The summed E-state index contributed by atoms with van der Waals surface area (Å²) in [6, 6.07) is 0. The summed E-state index contributed by atoms with van der Waals surface area (Å²) < 4.78 is 0. The average Bonchev–Trinajstić information content (AvgIpc) is 0. The second-order valence-electron chi connectivity index (χ2n) is 0. The molecule has 0 bridgehead atoms. The molecule has 0 saturated heterocycles. The monoisotopic (exact) mass is 258 g/mol. The van der Waals surface area contributed by atoms with Crippen molar-refractivity contribution in [2.24, 2.45) is 0 Å². The van der Waals surface area contributed by atoms with Gasteiger partial charge in [-0.25, -0.2) is 0 Å². The molecule has 0 aliphatic heterocycles. The molecule has 0 aliphatic rings. The van der Waals surface area contributed by atoms with Crippen LogP contribution in [-0.4, -0.2) is 18.0 Å². The number of rotatable bonds is 0. The molecule has 0 rings (SSSR count). The van der Waals surface area contributed by atoms with Gasteiger partial charge < -0.3 is 0 Å². The summed E-state index contributed by atoms with van der Waals surface area (Å²) in [4.78, 5) is 0. The molecule has 4 heavy (non-hydrogen) atoms. The zero-order chi connectivity index (χ0) is 0. The van der Waals surface area contributed by atoms with E-state index in [2.05, 4.69) is 0 Å². The Hall–Kier alpha value is 2.22. The third-order valence-electron chi connectivity index (χ3n) is 0. The van der Waals surface area contributed by atoms with Gasteiger partial charge in [0.25, 0.3) is 0 Å². The molecule has 0 spiro atoms. The van der Waals surface area contributed by atoms with Crippen LogP contribution in [0.5, 0.6) is 0 Å². The molecule has 0 amide bonds. The summed E-state index contributed by atoms with van der Waals surface area (Å²) >= 11 is 0. The minimum Gasteiger partial charge on any atom is 0 e. The van der Waals surface area contributed by atoms with Crippen LogP contribution in [-0.2, 0) is 53.6 Å². The van der Waals surface area contributed by atoms with Crippen molar-refractivity contribution >= 4 is 18.0 Å². The minimum absolute atomic E-state index is 0. The van der Waals surface area contributed by atoms with Crippen LogP contribution in [0.15, 0.2) is 0 Å². The Balaban J connectivity index is 0. The quantitative estimate of drug-likeness (QED) is 0.520. The van der Waals surface area contributed by atoms with Gasteiger partial charge in [-0.05, 0) is 0 Å². The normalized spacial score (nSPS) is 0. The van der Waals surface area contributed by atoms with Gasteiger partial charge in [0.1, 0.15) is 0 Å². The zero-order valence-electron chi connectivity index (χ0n) is 1.81. The molecule has 0 atom stereocenters. The van der Waals surface area contributed by atoms with Gasteiger partial charge in [0.2, 0.25) is 0 Å². The molecule has 0 aromatic heterocycles. The third kappa shape index (κ3) is 8.88. The molecule has 0 nitrogen and oxygen atoms in total. The molecule has 0 aliphatic carbocycles. The summed E-state index contributed by atoms with van der Waals surface area (Å²) in [5.74, 6) is 0. The molecule has 0 fully saturated rings. The van der Waals surface area contributed by atoms with E-state index in [0.29, 0.717) is 0 Å². The van der Waals surface area contributed by atoms with Gasteiger partial charge in [-0.1, -0.05) is 0 Å². The van der Waals surface area contributed by atoms with Crippen molar-refractivity contribution in [1.29, 1.82) is 0 Å². The van der Waals surface area contributed by atoms with E-state index in [1.54, 1.807) is 0 Å². The van der Waals surface area contributed by atoms with Gasteiger partial charge in [-0.15, -0.1) is 0 Å². The van der Waals surface area contributed by atoms with Crippen molar-refractivity contribution in [2.45, 2.75) is 0 Å². The van der Waals surface area contributed by atoms with Gasteiger partial charge in [-0.3, -0.25) is 0 Å². The molecule has 4 heteroatoms. The molecule has 0 N–H and O–H groups in total. The fourth-order valence-corrected chi connectivity index (χ4v) is 0. The summed E-state index contributed by atoms with van der Waals surface area (Å²) in [7, 11) is 0. The fourth-order valence-electron chi connectivity index (χ4n) is 0. The largest absolute Gasteiger partial charge is 0 e. The van der Waals surface area contributed by atoms with Crippen LogP contribution in [0.3, 0.4) is 0 Å². The Kier molecular flexibility index (Phi) is 162. The summed E-state index contributed by atoms with van der Waals surface area (Å²) in [5.41, 5.74) is 0. The number of hydrogen-bond donors (Lipinski definition) is 0. The van der Waals surface area contributed by atoms with Crippen molar-refractivity contribution < 1.29 is 53.6 Å². The zero-order valence-corrected chi connectivity index (χ0v) is 8.70. The first-order valence-corrected chi connectivity index (χ1v) is 0. The van der Waals surface area contributed by atoms with Crippen LogP contribution in [0.25, 0.3) is 0 Å². The van der Waals surface area contributed by atoms with E-state index in [1.165, 1.54) is 0 Å².